The van der Waals surface area contributed by atoms with Gasteiger partial charge in [0.25, 0.3) is 5.91 Å². The fourth-order valence-corrected chi connectivity index (χ4v) is 4.38. The topological polar surface area (TPSA) is 80.2 Å². The smallest absolute Gasteiger partial charge is 0.254 e. The monoisotopic (exact) mass is 359 g/mol. The van der Waals surface area contributed by atoms with E-state index in [9.17, 15) is 4.79 Å². The molecule has 132 valence electrons. The molecule has 2 fully saturated rings. The van der Waals surface area contributed by atoms with Crippen molar-refractivity contribution in [2.75, 3.05) is 18.4 Å². The number of carbonyl (C=O) groups excluding carboxylic acids is 1. The average molecular weight is 359 g/mol. The minimum atomic E-state index is -0.401. The molecule has 0 spiro atoms. The molecular formula is C17H21N5O2S. The van der Waals surface area contributed by atoms with E-state index in [1.54, 1.807) is 29.9 Å². The number of hydrogen-bond acceptors (Lipinski definition) is 7. The summed E-state index contributed by atoms with van der Waals surface area (Å²) in [6.07, 6.45) is 6.25. The first-order valence-corrected chi connectivity index (χ1v) is 9.40. The fraction of sp³-hybridized carbons (Fsp3) is 0.529. The lowest BCUT2D eigenvalue weighted by Gasteiger charge is -2.33. The van der Waals surface area contributed by atoms with Gasteiger partial charge in [-0.1, -0.05) is 0 Å². The first kappa shape index (κ1) is 16.6. The molecule has 1 N–H and O–H groups in total. The Morgan fingerprint density at radius 3 is 3.12 bits per heavy atom. The standard InChI is InChI=1S/C17H21N5O2S/c1-11-15(25-10-20-11)9-22-5-2-12-6-13(24-14(12)8-22)17(23)21-16-7-18-3-4-19-16/h3-4,7,10,12-14H,2,5-6,8-9H2,1H3,(H,19,21,23)/t12-,13+,14+/m1/s1. The first-order valence-electron chi connectivity index (χ1n) is 8.52. The van der Waals surface area contributed by atoms with Gasteiger partial charge in [-0.05, 0) is 32.2 Å². The van der Waals surface area contributed by atoms with Gasteiger partial charge in [0.05, 0.1) is 23.5 Å². The number of aromatic nitrogens is 3. The van der Waals surface area contributed by atoms with E-state index in [2.05, 4.69) is 32.1 Å². The summed E-state index contributed by atoms with van der Waals surface area (Å²) in [4.78, 5) is 28.5. The van der Waals surface area contributed by atoms with Crippen LogP contribution in [0.5, 0.6) is 0 Å². The molecule has 0 aromatic carbocycles. The Morgan fingerprint density at radius 1 is 1.44 bits per heavy atom. The highest BCUT2D eigenvalue weighted by Gasteiger charge is 2.42. The van der Waals surface area contributed by atoms with E-state index in [0.717, 1.165) is 38.2 Å². The van der Waals surface area contributed by atoms with Crippen LogP contribution in [-0.2, 0) is 16.1 Å². The Bertz CT molecular complexity index is 738. The van der Waals surface area contributed by atoms with E-state index in [1.165, 1.54) is 4.88 Å². The van der Waals surface area contributed by atoms with Gasteiger partial charge in [0.1, 0.15) is 6.10 Å². The third-order valence-electron chi connectivity index (χ3n) is 4.95. The zero-order chi connectivity index (χ0) is 17.2. The summed E-state index contributed by atoms with van der Waals surface area (Å²) in [5.41, 5.74) is 3.01. The number of likely N-dealkylation sites (tertiary alicyclic amines) is 1. The maximum absolute atomic E-state index is 12.4. The number of hydrogen-bond donors (Lipinski definition) is 1. The molecular weight excluding hydrogens is 338 g/mol. The molecule has 7 nitrogen and oxygen atoms in total. The van der Waals surface area contributed by atoms with Crippen molar-refractivity contribution in [1.82, 2.24) is 19.9 Å². The maximum atomic E-state index is 12.4. The summed E-state index contributed by atoms with van der Waals surface area (Å²) < 4.78 is 6.06. The number of ether oxygens (including phenoxy) is 1. The number of nitrogens with one attached hydrogen (secondary N) is 1. The Labute approximate surface area is 150 Å². The van der Waals surface area contributed by atoms with Crippen molar-refractivity contribution >= 4 is 23.1 Å². The van der Waals surface area contributed by atoms with E-state index >= 15 is 0 Å². The van der Waals surface area contributed by atoms with Gasteiger partial charge in [-0.2, -0.15) is 0 Å². The quantitative estimate of drug-likeness (QED) is 0.897. The number of rotatable bonds is 4. The molecule has 4 rings (SSSR count). The van der Waals surface area contributed by atoms with Crippen LogP contribution in [0.4, 0.5) is 5.82 Å². The number of carbonyl (C=O) groups is 1. The van der Waals surface area contributed by atoms with Crippen molar-refractivity contribution in [3.8, 4) is 0 Å². The summed E-state index contributed by atoms with van der Waals surface area (Å²) in [6, 6.07) is 0. The highest BCUT2D eigenvalue weighted by molar-refractivity contribution is 7.09. The van der Waals surface area contributed by atoms with Crippen LogP contribution >= 0.6 is 11.3 Å². The third kappa shape index (κ3) is 3.70. The summed E-state index contributed by atoms with van der Waals surface area (Å²) in [5, 5.41) is 2.79. The van der Waals surface area contributed by atoms with E-state index in [1.807, 2.05) is 5.51 Å². The zero-order valence-corrected chi connectivity index (χ0v) is 14.9. The van der Waals surface area contributed by atoms with E-state index < -0.39 is 6.10 Å². The van der Waals surface area contributed by atoms with Crippen LogP contribution in [0.1, 0.15) is 23.4 Å². The van der Waals surface area contributed by atoms with Crippen LogP contribution in [0.3, 0.4) is 0 Å². The molecule has 0 unspecified atom stereocenters. The number of nitrogens with zero attached hydrogens (tertiary/aromatic N) is 4. The Kier molecular flexibility index (Phi) is 4.74. The van der Waals surface area contributed by atoms with Crippen molar-refractivity contribution in [3.63, 3.8) is 0 Å². The fourth-order valence-electron chi connectivity index (χ4n) is 3.56. The molecule has 0 aliphatic carbocycles. The highest BCUT2D eigenvalue weighted by atomic mass is 32.1. The van der Waals surface area contributed by atoms with Gasteiger partial charge in [0.2, 0.25) is 0 Å². The molecule has 2 saturated heterocycles. The number of piperidine rings is 1. The molecule has 1 amide bonds. The number of amides is 1. The number of thiazole rings is 1. The van der Waals surface area contributed by atoms with Gasteiger partial charge in [0.15, 0.2) is 5.82 Å². The van der Waals surface area contributed by atoms with Crippen LogP contribution < -0.4 is 5.32 Å². The maximum Gasteiger partial charge on any atom is 0.254 e. The lowest BCUT2D eigenvalue weighted by Crippen LogP contribution is -2.41. The SMILES string of the molecule is Cc1ncsc1CN1CC[C@@H]2C[C@@H](C(=O)Nc3cnccn3)O[C@H]2C1. The predicted molar refractivity (Wildman–Crippen MR) is 94.2 cm³/mol. The molecule has 2 aromatic heterocycles. The second kappa shape index (κ2) is 7.15. The normalized spacial score (nSPS) is 26.4. The van der Waals surface area contributed by atoms with E-state index in [0.29, 0.717) is 11.7 Å². The second-order valence-corrected chi connectivity index (χ2v) is 7.56. The van der Waals surface area contributed by atoms with Crippen molar-refractivity contribution in [2.24, 2.45) is 5.92 Å². The molecule has 4 heterocycles. The summed E-state index contributed by atoms with van der Waals surface area (Å²) in [5.74, 6) is 0.796. The molecule has 2 aliphatic heterocycles. The third-order valence-corrected chi connectivity index (χ3v) is 5.87. The van der Waals surface area contributed by atoms with E-state index in [4.69, 9.17) is 4.74 Å². The summed E-state index contributed by atoms with van der Waals surface area (Å²) in [7, 11) is 0. The van der Waals surface area contributed by atoms with Crippen LogP contribution in [0.2, 0.25) is 0 Å². The molecule has 2 aromatic rings. The van der Waals surface area contributed by atoms with Crippen LogP contribution in [-0.4, -0.2) is 51.1 Å². The van der Waals surface area contributed by atoms with Crippen molar-refractivity contribution in [3.05, 3.63) is 34.7 Å². The molecule has 0 bridgehead atoms. The first-order chi connectivity index (χ1) is 12.2. The van der Waals surface area contributed by atoms with E-state index in [-0.39, 0.29) is 12.0 Å². The van der Waals surface area contributed by atoms with Gasteiger partial charge in [-0.15, -0.1) is 11.3 Å². The van der Waals surface area contributed by atoms with Crippen molar-refractivity contribution in [2.45, 2.75) is 38.5 Å². The molecule has 3 atom stereocenters. The molecule has 0 saturated carbocycles. The van der Waals surface area contributed by atoms with Crippen LogP contribution in [0, 0.1) is 12.8 Å². The molecule has 25 heavy (non-hydrogen) atoms. The molecule has 0 radical (unpaired) electrons. The van der Waals surface area contributed by atoms with Crippen molar-refractivity contribution in [1.29, 1.82) is 0 Å². The largest absolute Gasteiger partial charge is 0.364 e. The number of anilines is 1. The summed E-state index contributed by atoms with van der Waals surface area (Å²) >= 11 is 1.70. The number of aryl methyl sites for hydroxylation is 1. The Morgan fingerprint density at radius 2 is 2.36 bits per heavy atom. The van der Waals surface area contributed by atoms with Crippen LogP contribution in [0.25, 0.3) is 0 Å². The summed E-state index contributed by atoms with van der Waals surface area (Å²) in [6.45, 7) is 4.88. The Hall–Kier alpha value is -1.90. The molecule has 2 aliphatic rings. The average Bonchev–Trinajstić information content (AvgIpc) is 3.22. The van der Waals surface area contributed by atoms with Crippen molar-refractivity contribution < 1.29 is 9.53 Å². The van der Waals surface area contributed by atoms with Gasteiger partial charge >= 0.3 is 0 Å². The molecule has 8 heteroatoms. The number of fused-ring (bicyclic) bond motifs is 1. The van der Waals surface area contributed by atoms with Gasteiger partial charge < -0.3 is 10.1 Å². The second-order valence-electron chi connectivity index (χ2n) is 6.62. The Balaban J connectivity index is 1.33. The van der Waals surface area contributed by atoms with Gasteiger partial charge in [-0.25, -0.2) is 9.97 Å². The van der Waals surface area contributed by atoms with Gasteiger partial charge in [0, 0.05) is 30.4 Å². The highest BCUT2D eigenvalue weighted by Crippen LogP contribution is 2.34. The van der Waals surface area contributed by atoms with Crippen LogP contribution in [0.15, 0.2) is 24.1 Å². The van der Waals surface area contributed by atoms with Gasteiger partial charge in [-0.3, -0.25) is 14.7 Å². The lowest BCUT2D eigenvalue weighted by atomic mass is 9.91. The predicted octanol–water partition coefficient (Wildman–Crippen LogP) is 1.86. The minimum absolute atomic E-state index is 0.125. The lowest BCUT2D eigenvalue weighted by molar-refractivity contribution is -0.127. The minimum Gasteiger partial charge on any atom is -0.364 e. The zero-order valence-electron chi connectivity index (χ0n) is 14.1.